The molecule has 1 heterocycles. The monoisotopic (exact) mass is 262 g/mol. The number of fused-ring (bicyclic) bond motifs is 1. The predicted molar refractivity (Wildman–Crippen MR) is 59.5 cm³/mol. The highest BCUT2D eigenvalue weighted by atomic mass is 79.9. The maximum atomic E-state index is 5.76. The van der Waals surface area contributed by atoms with Gasteiger partial charge in [-0.25, -0.2) is 0 Å². The Hall–Kier alpha value is 0.400. The van der Waals surface area contributed by atoms with Gasteiger partial charge in [0.2, 0.25) is 0 Å². The zero-order valence-electron chi connectivity index (χ0n) is 9.13. The molecule has 2 nitrogen and oxygen atoms in total. The number of alkyl halides is 1. The number of halogens is 1. The normalized spacial score (nSPS) is 53.1. The molecule has 0 amide bonds. The van der Waals surface area contributed by atoms with Crippen LogP contribution in [0, 0.1) is 17.8 Å². The zero-order valence-corrected chi connectivity index (χ0v) is 10.7. The molecular weight excluding hydrogens is 244 g/mol. The Morgan fingerprint density at radius 1 is 1.43 bits per heavy atom. The van der Waals surface area contributed by atoms with E-state index in [2.05, 4.69) is 29.8 Å². The molecule has 0 N–H and O–H groups in total. The van der Waals surface area contributed by atoms with E-state index >= 15 is 0 Å². The van der Waals surface area contributed by atoms with Crippen LogP contribution in [-0.2, 0) is 9.47 Å². The highest BCUT2D eigenvalue weighted by Gasteiger charge is 2.52. The zero-order chi connectivity index (χ0) is 10.3. The molecule has 0 aromatic carbocycles. The van der Waals surface area contributed by atoms with E-state index in [9.17, 15) is 0 Å². The van der Waals surface area contributed by atoms with Crippen LogP contribution in [-0.4, -0.2) is 24.3 Å². The van der Waals surface area contributed by atoms with Crippen LogP contribution in [0.3, 0.4) is 0 Å². The summed E-state index contributed by atoms with van der Waals surface area (Å²) in [6.45, 7) is 5.41. The number of hydrogen-bond acceptors (Lipinski definition) is 2. The summed E-state index contributed by atoms with van der Waals surface area (Å²) in [6, 6.07) is 0. The van der Waals surface area contributed by atoms with Crippen molar-refractivity contribution in [3.63, 3.8) is 0 Å². The van der Waals surface area contributed by atoms with Crippen LogP contribution in [0.4, 0.5) is 0 Å². The van der Waals surface area contributed by atoms with Crippen molar-refractivity contribution in [2.45, 2.75) is 37.3 Å². The van der Waals surface area contributed by atoms with Gasteiger partial charge < -0.3 is 9.47 Å². The van der Waals surface area contributed by atoms with E-state index in [4.69, 9.17) is 9.47 Å². The van der Waals surface area contributed by atoms with E-state index in [1.807, 2.05) is 0 Å². The van der Waals surface area contributed by atoms with Crippen molar-refractivity contribution in [2.75, 3.05) is 13.7 Å². The van der Waals surface area contributed by atoms with E-state index in [-0.39, 0.29) is 10.6 Å². The number of methoxy groups -OCH3 is 1. The molecule has 2 aliphatic rings. The quantitative estimate of drug-likeness (QED) is 0.677. The van der Waals surface area contributed by atoms with E-state index in [0.717, 1.165) is 12.5 Å². The maximum Gasteiger partial charge on any atom is 0.172 e. The Morgan fingerprint density at radius 3 is 2.79 bits per heavy atom. The first-order chi connectivity index (χ1) is 6.57. The predicted octanol–water partition coefficient (Wildman–Crippen LogP) is 2.81. The van der Waals surface area contributed by atoms with Gasteiger partial charge in [0.15, 0.2) is 6.29 Å². The van der Waals surface area contributed by atoms with Gasteiger partial charge in [0.1, 0.15) is 0 Å². The van der Waals surface area contributed by atoms with Gasteiger partial charge in [-0.3, -0.25) is 0 Å². The number of ether oxygens (including phenoxy) is 2. The molecule has 0 radical (unpaired) electrons. The molecule has 0 aromatic rings. The van der Waals surface area contributed by atoms with Crippen LogP contribution in [0.15, 0.2) is 0 Å². The summed E-state index contributed by atoms with van der Waals surface area (Å²) in [5.74, 6) is 2.22. The molecule has 0 bridgehead atoms. The minimum absolute atomic E-state index is 0.00454. The summed E-state index contributed by atoms with van der Waals surface area (Å²) in [6.07, 6.45) is 2.54. The van der Waals surface area contributed by atoms with Gasteiger partial charge in [0, 0.05) is 7.11 Å². The highest BCUT2D eigenvalue weighted by Crippen LogP contribution is 2.51. The lowest BCUT2D eigenvalue weighted by Crippen LogP contribution is -2.51. The third kappa shape index (κ3) is 1.54. The minimum Gasteiger partial charge on any atom is -0.354 e. The fourth-order valence-corrected chi connectivity index (χ4v) is 3.97. The van der Waals surface area contributed by atoms with Gasteiger partial charge in [-0.05, 0) is 31.1 Å². The first-order valence-corrected chi connectivity index (χ1v) is 6.20. The Labute approximate surface area is 94.5 Å². The molecule has 5 atom stereocenters. The summed E-state index contributed by atoms with van der Waals surface area (Å²) in [5.41, 5.74) is 0. The second-order valence-corrected chi connectivity index (χ2v) is 6.59. The molecule has 0 unspecified atom stereocenters. The lowest BCUT2D eigenvalue weighted by atomic mass is 9.80. The molecule has 14 heavy (non-hydrogen) atoms. The third-order valence-electron chi connectivity index (χ3n) is 4.02. The Bertz CT molecular complexity index is 217. The second-order valence-electron chi connectivity index (χ2n) is 4.88. The van der Waals surface area contributed by atoms with Crippen LogP contribution in [0.5, 0.6) is 0 Å². The lowest BCUT2D eigenvalue weighted by molar-refractivity contribution is -0.191. The topological polar surface area (TPSA) is 18.5 Å². The number of rotatable bonds is 1. The van der Waals surface area contributed by atoms with E-state index in [1.54, 1.807) is 7.11 Å². The summed E-state index contributed by atoms with van der Waals surface area (Å²) < 4.78 is 11.1. The van der Waals surface area contributed by atoms with Crippen LogP contribution >= 0.6 is 15.9 Å². The van der Waals surface area contributed by atoms with Gasteiger partial charge >= 0.3 is 0 Å². The van der Waals surface area contributed by atoms with Crippen LogP contribution in [0.25, 0.3) is 0 Å². The number of hydrogen-bond donors (Lipinski definition) is 0. The molecule has 2 fully saturated rings. The van der Waals surface area contributed by atoms with Crippen molar-refractivity contribution < 1.29 is 9.47 Å². The fraction of sp³-hybridized carbons (Fsp3) is 1.00. The fourth-order valence-electron chi connectivity index (χ4n) is 3.08. The van der Waals surface area contributed by atoms with Gasteiger partial charge in [-0.15, -0.1) is 0 Å². The average Bonchev–Trinajstić information content (AvgIpc) is 2.49. The van der Waals surface area contributed by atoms with Gasteiger partial charge in [0.25, 0.3) is 0 Å². The van der Waals surface area contributed by atoms with Crippen molar-refractivity contribution >= 4 is 15.9 Å². The van der Waals surface area contributed by atoms with E-state index in [1.165, 1.54) is 12.8 Å². The lowest BCUT2D eigenvalue weighted by Gasteiger charge is -2.44. The average molecular weight is 263 g/mol. The SMILES string of the molecule is CO[C@@H]1OC[C@@H]2[C@@H](C)CC[C@@H]2[C@@]1(C)Br. The van der Waals surface area contributed by atoms with E-state index in [0.29, 0.717) is 11.8 Å². The largest absolute Gasteiger partial charge is 0.354 e. The molecule has 1 saturated carbocycles. The summed E-state index contributed by atoms with van der Waals surface area (Å²) in [7, 11) is 1.73. The molecule has 0 spiro atoms. The molecule has 0 aromatic heterocycles. The molecule has 1 aliphatic heterocycles. The molecule has 3 heteroatoms. The van der Waals surface area contributed by atoms with Gasteiger partial charge in [0.05, 0.1) is 10.9 Å². The highest BCUT2D eigenvalue weighted by molar-refractivity contribution is 9.10. The van der Waals surface area contributed by atoms with Gasteiger partial charge in [-0.1, -0.05) is 29.3 Å². The molecule has 1 saturated heterocycles. The Balaban J connectivity index is 2.17. The summed E-state index contributed by atoms with van der Waals surface area (Å²) in [5, 5.41) is 0. The summed E-state index contributed by atoms with van der Waals surface area (Å²) >= 11 is 3.80. The standard InChI is InChI=1S/C11H19BrO2/c1-7-4-5-9-8(7)6-14-10(13-3)11(9,2)12/h7-10H,4-6H2,1-3H3/t7-,8+,9-,10+,11+/m0/s1. The van der Waals surface area contributed by atoms with Gasteiger partial charge in [-0.2, -0.15) is 0 Å². The second kappa shape index (κ2) is 3.76. The first-order valence-electron chi connectivity index (χ1n) is 5.40. The smallest absolute Gasteiger partial charge is 0.172 e. The molecule has 1 aliphatic carbocycles. The maximum absolute atomic E-state index is 5.76. The minimum atomic E-state index is -0.0888. The van der Waals surface area contributed by atoms with Crippen molar-refractivity contribution in [1.29, 1.82) is 0 Å². The van der Waals surface area contributed by atoms with Crippen LogP contribution < -0.4 is 0 Å². The summed E-state index contributed by atoms with van der Waals surface area (Å²) in [4.78, 5) is 0. The first kappa shape index (κ1) is 10.9. The molecule has 82 valence electrons. The van der Waals surface area contributed by atoms with Crippen LogP contribution in [0.2, 0.25) is 0 Å². The van der Waals surface area contributed by atoms with Crippen molar-refractivity contribution in [3.8, 4) is 0 Å². The van der Waals surface area contributed by atoms with Crippen molar-refractivity contribution in [3.05, 3.63) is 0 Å². The van der Waals surface area contributed by atoms with Crippen LogP contribution in [0.1, 0.15) is 26.7 Å². The Morgan fingerprint density at radius 2 is 2.14 bits per heavy atom. The van der Waals surface area contributed by atoms with Crippen molar-refractivity contribution in [2.24, 2.45) is 17.8 Å². The molecule has 2 rings (SSSR count). The van der Waals surface area contributed by atoms with Crippen molar-refractivity contribution in [1.82, 2.24) is 0 Å². The van der Waals surface area contributed by atoms with E-state index < -0.39 is 0 Å². The molecular formula is C11H19BrO2. The third-order valence-corrected chi connectivity index (χ3v) is 4.98. The Kier molecular flexibility index (Phi) is 2.93.